The molecular formula is C8H14O2S. The molecule has 0 unspecified atom stereocenters. The number of thioether (sulfide) groups is 1. The lowest BCUT2D eigenvalue weighted by Gasteiger charge is -2.16. The molecule has 2 N–H and O–H groups in total. The molecule has 11 heavy (non-hydrogen) atoms. The Bertz CT molecular complexity index is 135. The van der Waals surface area contributed by atoms with Crippen LogP contribution >= 0.6 is 11.8 Å². The number of hydrogen-bond acceptors (Lipinski definition) is 3. The van der Waals surface area contributed by atoms with Crippen molar-refractivity contribution in [3.05, 3.63) is 0 Å². The van der Waals surface area contributed by atoms with Crippen molar-refractivity contribution in [2.24, 2.45) is 0 Å². The smallest absolute Gasteiger partial charge is 0.0659 e. The van der Waals surface area contributed by atoms with Crippen LogP contribution in [0.1, 0.15) is 25.7 Å². The average molecular weight is 174 g/mol. The van der Waals surface area contributed by atoms with E-state index in [1.807, 2.05) is 0 Å². The van der Waals surface area contributed by atoms with E-state index in [9.17, 15) is 10.2 Å². The molecule has 0 aromatic carbocycles. The standard InChI is InChI=1S/C8H14O2S/c9-5-1-2-6(10)8-4-3-7(5)11-8/h5-10H,1-4H2/t5-,6-,7+,8+/m1/s1. The zero-order valence-electron chi connectivity index (χ0n) is 6.44. The predicted molar refractivity (Wildman–Crippen MR) is 45.6 cm³/mol. The maximum Gasteiger partial charge on any atom is 0.0659 e. The topological polar surface area (TPSA) is 40.5 Å². The molecule has 2 saturated heterocycles. The molecule has 4 atom stereocenters. The Morgan fingerprint density at radius 1 is 0.818 bits per heavy atom. The fraction of sp³-hybridized carbons (Fsp3) is 1.00. The fourth-order valence-corrected chi connectivity index (χ4v) is 3.60. The van der Waals surface area contributed by atoms with Gasteiger partial charge in [-0.15, -0.1) is 11.8 Å². The molecule has 0 aromatic heterocycles. The van der Waals surface area contributed by atoms with Crippen LogP contribution in [0.5, 0.6) is 0 Å². The maximum absolute atomic E-state index is 9.56. The van der Waals surface area contributed by atoms with Crippen LogP contribution < -0.4 is 0 Å². The van der Waals surface area contributed by atoms with Crippen molar-refractivity contribution in [1.29, 1.82) is 0 Å². The molecule has 0 amide bonds. The Labute approximate surface area is 71.0 Å². The highest BCUT2D eigenvalue weighted by atomic mass is 32.2. The molecule has 3 heteroatoms. The molecule has 0 spiro atoms. The third-order valence-electron chi connectivity index (χ3n) is 2.70. The summed E-state index contributed by atoms with van der Waals surface area (Å²) in [6, 6.07) is 0. The van der Waals surface area contributed by atoms with Crippen molar-refractivity contribution in [1.82, 2.24) is 0 Å². The summed E-state index contributed by atoms with van der Waals surface area (Å²) < 4.78 is 0. The highest BCUT2D eigenvalue weighted by molar-refractivity contribution is 8.00. The van der Waals surface area contributed by atoms with Crippen LogP contribution in [0.4, 0.5) is 0 Å². The third-order valence-corrected chi connectivity index (χ3v) is 4.50. The normalized spacial score (nSPS) is 50.7. The van der Waals surface area contributed by atoms with Crippen LogP contribution in [0.3, 0.4) is 0 Å². The summed E-state index contributed by atoms with van der Waals surface area (Å²) in [5, 5.41) is 20.0. The van der Waals surface area contributed by atoms with Crippen LogP contribution in [-0.2, 0) is 0 Å². The van der Waals surface area contributed by atoms with Crippen molar-refractivity contribution >= 4 is 11.8 Å². The van der Waals surface area contributed by atoms with Gasteiger partial charge < -0.3 is 10.2 Å². The Morgan fingerprint density at radius 3 is 1.73 bits per heavy atom. The van der Waals surface area contributed by atoms with Gasteiger partial charge >= 0.3 is 0 Å². The van der Waals surface area contributed by atoms with Crippen molar-refractivity contribution in [2.75, 3.05) is 0 Å². The second-order valence-corrected chi connectivity index (χ2v) is 4.99. The minimum absolute atomic E-state index is 0.165. The highest BCUT2D eigenvalue weighted by Gasteiger charge is 2.37. The first kappa shape index (κ1) is 7.90. The molecule has 0 aliphatic carbocycles. The lowest BCUT2D eigenvalue weighted by molar-refractivity contribution is 0.105. The first-order valence-electron chi connectivity index (χ1n) is 4.29. The van der Waals surface area contributed by atoms with E-state index >= 15 is 0 Å². The lowest BCUT2D eigenvalue weighted by Crippen LogP contribution is -2.22. The van der Waals surface area contributed by atoms with Gasteiger partial charge in [0, 0.05) is 10.5 Å². The van der Waals surface area contributed by atoms with Crippen LogP contribution in [0.25, 0.3) is 0 Å². The van der Waals surface area contributed by atoms with Crippen molar-refractivity contribution < 1.29 is 10.2 Å². The number of fused-ring (bicyclic) bond motifs is 2. The zero-order chi connectivity index (χ0) is 7.84. The summed E-state index contributed by atoms with van der Waals surface area (Å²) in [6.07, 6.45) is 3.43. The molecule has 2 aliphatic heterocycles. The molecule has 2 bridgehead atoms. The first-order chi connectivity index (χ1) is 5.27. The van der Waals surface area contributed by atoms with Gasteiger partial charge in [-0.1, -0.05) is 0 Å². The molecule has 0 saturated carbocycles. The van der Waals surface area contributed by atoms with Gasteiger partial charge in [0.1, 0.15) is 0 Å². The summed E-state index contributed by atoms with van der Waals surface area (Å²) in [5.41, 5.74) is 0. The number of rotatable bonds is 0. The van der Waals surface area contributed by atoms with E-state index in [4.69, 9.17) is 0 Å². The monoisotopic (exact) mass is 174 g/mol. The minimum atomic E-state index is -0.165. The Hall–Kier alpha value is 0.270. The Morgan fingerprint density at radius 2 is 1.27 bits per heavy atom. The van der Waals surface area contributed by atoms with Crippen LogP contribution in [-0.4, -0.2) is 32.9 Å². The molecule has 0 aromatic rings. The van der Waals surface area contributed by atoms with Gasteiger partial charge in [-0.05, 0) is 25.7 Å². The lowest BCUT2D eigenvalue weighted by atomic mass is 9.97. The molecule has 64 valence electrons. The van der Waals surface area contributed by atoms with Crippen molar-refractivity contribution in [3.63, 3.8) is 0 Å². The van der Waals surface area contributed by atoms with E-state index in [-0.39, 0.29) is 12.2 Å². The van der Waals surface area contributed by atoms with Crippen molar-refractivity contribution in [3.8, 4) is 0 Å². The van der Waals surface area contributed by atoms with E-state index in [2.05, 4.69) is 0 Å². The molecule has 2 heterocycles. The Kier molecular flexibility index (Phi) is 2.12. The zero-order valence-corrected chi connectivity index (χ0v) is 7.26. The molecule has 2 fully saturated rings. The van der Waals surface area contributed by atoms with Crippen molar-refractivity contribution in [2.45, 2.75) is 48.4 Å². The maximum atomic E-state index is 9.56. The van der Waals surface area contributed by atoms with Gasteiger partial charge in [0.25, 0.3) is 0 Å². The van der Waals surface area contributed by atoms with E-state index in [0.717, 1.165) is 25.7 Å². The summed E-state index contributed by atoms with van der Waals surface area (Å²) in [7, 11) is 0. The average Bonchev–Trinajstić information content (AvgIpc) is 2.42. The minimum Gasteiger partial charge on any atom is -0.392 e. The first-order valence-corrected chi connectivity index (χ1v) is 5.23. The van der Waals surface area contributed by atoms with Crippen LogP contribution in [0.2, 0.25) is 0 Å². The molecule has 2 aliphatic rings. The van der Waals surface area contributed by atoms with E-state index in [0.29, 0.717) is 10.5 Å². The van der Waals surface area contributed by atoms with E-state index < -0.39 is 0 Å². The number of aliphatic hydroxyl groups excluding tert-OH is 2. The molecule has 2 rings (SSSR count). The summed E-state index contributed by atoms with van der Waals surface area (Å²) in [6.45, 7) is 0. The quantitative estimate of drug-likeness (QED) is 0.570. The van der Waals surface area contributed by atoms with Crippen LogP contribution in [0, 0.1) is 0 Å². The van der Waals surface area contributed by atoms with Gasteiger partial charge in [-0.3, -0.25) is 0 Å². The van der Waals surface area contributed by atoms with Gasteiger partial charge in [0.05, 0.1) is 12.2 Å². The highest BCUT2D eigenvalue weighted by Crippen LogP contribution is 2.42. The summed E-state index contributed by atoms with van der Waals surface area (Å²) in [4.78, 5) is 0. The Balaban J connectivity index is 2.07. The predicted octanol–water partition coefficient (Wildman–Crippen LogP) is 0.766. The van der Waals surface area contributed by atoms with Gasteiger partial charge in [-0.2, -0.15) is 0 Å². The fourth-order valence-electron chi connectivity index (χ4n) is 1.97. The molecule has 2 nitrogen and oxygen atoms in total. The largest absolute Gasteiger partial charge is 0.392 e. The van der Waals surface area contributed by atoms with Gasteiger partial charge in [0.2, 0.25) is 0 Å². The SMILES string of the molecule is O[C@@H]1CC[C@@H](O)[C@@H]2CC[C@@H]1S2. The third kappa shape index (κ3) is 1.42. The second-order valence-electron chi connectivity index (χ2n) is 3.50. The van der Waals surface area contributed by atoms with E-state index in [1.165, 1.54) is 0 Å². The van der Waals surface area contributed by atoms with Gasteiger partial charge in [-0.25, -0.2) is 0 Å². The number of hydrogen-bond donors (Lipinski definition) is 2. The van der Waals surface area contributed by atoms with Crippen LogP contribution in [0.15, 0.2) is 0 Å². The van der Waals surface area contributed by atoms with E-state index in [1.54, 1.807) is 11.8 Å². The van der Waals surface area contributed by atoms with Gasteiger partial charge in [0.15, 0.2) is 0 Å². The summed E-state index contributed by atoms with van der Waals surface area (Å²) >= 11 is 1.79. The second kappa shape index (κ2) is 2.96. The summed E-state index contributed by atoms with van der Waals surface area (Å²) in [5.74, 6) is 0. The molecule has 0 radical (unpaired) electrons. The molecular weight excluding hydrogens is 160 g/mol. The number of aliphatic hydroxyl groups is 2.